The number of aryl methyl sites for hydroxylation is 1. The Balaban J connectivity index is 1.38. The molecule has 6 heteroatoms. The summed E-state index contributed by atoms with van der Waals surface area (Å²) < 4.78 is 8.16. The highest BCUT2D eigenvalue weighted by Gasteiger charge is 2.24. The average molecular weight is 365 g/mol. The molecule has 1 aromatic carbocycles. The maximum Gasteiger partial charge on any atom is 0.162 e. The molecule has 2 aromatic rings. The van der Waals surface area contributed by atoms with Crippen LogP contribution in [-0.2, 0) is 24.4 Å². The van der Waals surface area contributed by atoms with Crippen LogP contribution in [0.25, 0.3) is 0 Å². The van der Waals surface area contributed by atoms with E-state index in [-0.39, 0.29) is 6.10 Å². The molecular formula is C21H27N5O. The first-order valence-corrected chi connectivity index (χ1v) is 9.87. The van der Waals surface area contributed by atoms with Gasteiger partial charge in [0, 0.05) is 52.4 Å². The molecule has 142 valence electrons. The SMILES string of the molecule is N#Cc1cc2n(n1)CCCN(CC1CN(Cc3ccccc3)CCCO1)C2. The maximum atomic E-state index is 9.10. The van der Waals surface area contributed by atoms with Crippen molar-refractivity contribution in [1.82, 2.24) is 19.6 Å². The van der Waals surface area contributed by atoms with Crippen molar-refractivity contribution in [3.05, 3.63) is 53.3 Å². The Hall–Kier alpha value is -2.20. The van der Waals surface area contributed by atoms with E-state index in [4.69, 9.17) is 10.00 Å². The zero-order valence-corrected chi connectivity index (χ0v) is 15.8. The Morgan fingerprint density at radius 2 is 1.96 bits per heavy atom. The van der Waals surface area contributed by atoms with E-state index < -0.39 is 0 Å². The van der Waals surface area contributed by atoms with E-state index in [0.29, 0.717) is 5.69 Å². The van der Waals surface area contributed by atoms with Crippen molar-refractivity contribution < 1.29 is 4.74 Å². The molecule has 0 spiro atoms. The van der Waals surface area contributed by atoms with Crippen LogP contribution in [0.4, 0.5) is 0 Å². The number of nitrogens with zero attached hydrogens (tertiary/aromatic N) is 5. The number of hydrogen-bond donors (Lipinski definition) is 0. The molecule has 0 radical (unpaired) electrons. The van der Waals surface area contributed by atoms with Crippen LogP contribution in [0, 0.1) is 11.3 Å². The molecule has 0 saturated carbocycles. The van der Waals surface area contributed by atoms with Gasteiger partial charge in [-0.25, -0.2) is 0 Å². The summed E-state index contributed by atoms with van der Waals surface area (Å²) in [7, 11) is 0. The van der Waals surface area contributed by atoms with Crippen LogP contribution >= 0.6 is 0 Å². The molecule has 3 heterocycles. The van der Waals surface area contributed by atoms with Crippen LogP contribution in [-0.4, -0.2) is 58.5 Å². The molecule has 1 aromatic heterocycles. The average Bonchev–Trinajstić information content (AvgIpc) is 2.82. The highest BCUT2D eigenvalue weighted by atomic mass is 16.5. The number of ether oxygens (including phenoxy) is 1. The van der Waals surface area contributed by atoms with Gasteiger partial charge in [0.25, 0.3) is 0 Å². The lowest BCUT2D eigenvalue weighted by Gasteiger charge is -2.28. The largest absolute Gasteiger partial charge is 0.376 e. The second-order valence-electron chi connectivity index (χ2n) is 7.51. The van der Waals surface area contributed by atoms with Crippen LogP contribution < -0.4 is 0 Å². The molecule has 0 aliphatic carbocycles. The summed E-state index contributed by atoms with van der Waals surface area (Å²) in [6.45, 7) is 7.58. The van der Waals surface area contributed by atoms with Crippen molar-refractivity contribution in [2.75, 3.05) is 32.8 Å². The number of nitriles is 1. The van der Waals surface area contributed by atoms with Crippen LogP contribution in [0.2, 0.25) is 0 Å². The molecule has 1 unspecified atom stereocenters. The number of rotatable bonds is 4. The van der Waals surface area contributed by atoms with Gasteiger partial charge in [-0.05, 0) is 24.5 Å². The van der Waals surface area contributed by atoms with Crippen LogP contribution in [0.5, 0.6) is 0 Å². The van der Waals surface area contributed by atoms with Crippen molar-refractivity contribution in [2.45, 2.75) is 38.6 Å². The third-order valence-corrected chi connectivity index (χ3v) is 5.35. The first kappa shape index (κ1) is 18.2. The fourth-order valence-electron chi connectivity index (χ4n) is 4.09. The van der Waals surface area contributed by atoms with Gasteiger partial charge in [-0.1, -0.05) is 30.3 Å². The molecule has 0 bridgehead atoms. The Morgan fingerprint density at radius 3 is 2.81 bits per heavy atom. The number of aromatic nitrogens is 2. The standard InChI is InChI=1S/C21H27N5O/c22-13-19-12-20-15-25(8-4-10-26(20)23-19)17-21-16-24(9-5-11-27-21)14-18-6-2-1-3-7-18/h1-3,6-7,12,21H,4-5,8-11,14-17H2. The Labute approximate surface area is 160 Å². The zero-order valence-electron chi connectivity index (χ0n) is 15.8. The molecule has 2 aliphatic heterocycles. The monoisotopic (exact) mass is 365 g/mol. The van der Waals surface area contributed by atoms with E-state index in [1.165, 1.54) is 5.56 Å². The fraction of sp³-hybridized carbons (Fsp3) is 0.524. The molecule has 1 fully saturated rings. The number of benzene rings is 1. The summed E-state index contributed by atoms with van der Waals surface area (Å²) in [5, 5.41) is 13.5. The summed E-state index contributed by atoms with van der Waals surface area (Å²) in [5.74, 6) is 0. The summed E-state index contributed by atoms with van der Waals surface area (Å²) in [6.07, 6.45) is 2.36. The summed E-state index contributed by atoms with van der Waals surface area (Å²) in [4.78, 5) is 4.97. The van der Waals surface area contributed by atoms with Gasteiger partial charge in [0.2, 0.25) is 0 Å². The minimum atomic E-state index is 0.223. The summed E-state index contributed by atoms with van der Waals surface area (Å²) >= 11 is 0. The van der Waals surface area contributed by atoms with Gasteiger partial charge in [0.15, 0.2) is 5.69 Å². The normalized spacial score (nSPS) is 21.8. The van der Waals surface area contributed by atoms with Crippen LogP contribution in [0.1, 0.15) is 29.8 Å². The summed E-state index contributed by atoms with van der Waals surface area (Å²) in [6, 6.07) is 14.8. The lowest BCUT2D eigenvalue weighted by molar-refractivity contribution is 0.0242. The van der Waals surface area contributed by atoms with E-state index in [0.717, 1.165) is 71.0 Å². The molecule has 2 aliphatic rings. The highest BCUT2D eigenvalue weighted by Crippen LogP contribution is 2.17. The van der Waals surface area contributed by atoms with Crippen molar-refractivity contribution in [2.24, 2.45) is 0 Å². The van der Waals surface area contributed by atoms with Gasteiger partial charge in [-0.2, -0.15) is 10.4 Å². The molecule has 0 amide bonds. The van der Waals surface area contributed by atoms with Gasteiger partial charge >= 0.3 is 0 Å². The molecule has 1 saturated heterocycles. The predicted octanol–water partition coefficient (Wildman–Crippen LogP) is 2.25. The van der Waals surface area contributed by atoms with Gasteiger partial charge in [-0.3, -0.25) is 14.5 Å². The van der Waals surface area contributed by atoms with E-state index >= 15 is 0 Å². The van der Waals surface area contributed by atoms with E-state index in [9.17, 15) is 0 Å². The molecule has 27 heavy (non-hydrogen) atoms. The van der Waals surface area contributed by atoms with Crippen LogP contribution in [0.15, 0.2) is 36.4 Å². The smallest absolute Gasteiger partial charge is 0.162 e. The zero-order chi connectivity index (χ0) is 18.5. The van der Waals surface area contributed by atoms with E-state index in [1.807, 2.05) is 10.7 Å². The minimum Gasteiger partial charge on any atom is -0.376 e. The lowest BCUT2D eigenvalue weighted by atomic mass is 10.2. The maximum absolute atomic E-state index is 9.10. The number of hydrogen-bond acceptors (Lipinski definition) is 5. The minimum absolute atomic E-state index is 0.223. The van der Waals surface area contributed by atoms with Crippen LogP contribution in [0.3, 0.4) is 0 Å². The molecule has 1 atom stereocenters. The van der Waals surface area contributed by atoms with E-state index in [1.54, 1.807) is 0 Å². The van der Waals surface area contributed by atoms with Crippen molar-refractivity contribution in [3.63, 3.8) is 0 Å². The Morgan fingerprint density at radius 1 is 1.11 bits per heavy atom. The first-order chi connectivity index (χ1) is 13.3. The highest BCUT2D eigenvalue weighted by molar-refractivity contribution is 5.22. The molecule has 4 rings (SSSR count). The number of fused-ring (bicyclic) bond motifs is 1. The fourth-order valence-corrected chi connectivity index (χ4v) is 4.09. The Bertz CT molecular complexity index is 782. The summed E-state index contributed by atoms with van der Waals surface area (Å²) in [5.41, 5.74) is 3.02. The van der Waals surface area contributed by atoms with Gasteiger partial charge < -0.3 is 4.74 Å². The quantitative estimate of drug-likeness (QED) is 0.832. The second-order valence-corrected chi connectivity index (χ2v) is 7.51. The van der Waals surface area contributed by atoms with E-state index in [2.05, 4.69) is 51.3 Å². The van der Waals surface area contributed by atoms with Gasteiger partial charge in [-0.15, -0.1) is 0 Å². The van der Waals surface area contributed by atoms with Gasteiger partial charge in [0.1, 0.15) is 6.07 Å². The second kappa shape index (κ2) is 8.66. The Kier molecular flexibility index (Phi) is 5.83. The van der Waals surface area contributed by atoms with Gasteiger partial charge in [0.05, 0.1) is 11.8 Å². The molecular weight excluding hydrogens is 338 g/mol. The first-order valence-electron chi connectivity index (χ1n) is 9.87. The topological polar surface area (TPSA) is 57.3 Å². The predicted molar refractivity (Wildman–Crippen MR) is 103 cm³/mol. The third kappa shape index (κ3) is 4.75. The molecule has 0 N–H and O–H groups in total. The molecule has 6 nitrogen and oxygen atoms in total. The lowest BCUT2D eigenvalue weighted by Crippen LogP contribution is -2.40. The van der Waals surface area contributed by atoms with Crippen molar-refractivity contribution in [3.8, 4) is 6.07 Å². The van der Waals surface area contributed by atoms with Crippen molar-refractivity contribution in [1.29, 1.82) is 5.26 Å². The van der Waals surface area contributed by atoms with Crippen molar-refractivity contribution >= 4 is 0 Å². The third-order valence-electron chi connectivity index (χ3n) is 5.35.